The van der Waals surface area contributed by atoms with Crippen molar-refractivity contribution in [1.82, 2.24) is 35.1 Å². The number of ether oxygens (including phenoxy) is 2. The quantitative estimate of drug-likeness (QED) is 0.101. The van der Waals surface area contributed by atoms with Gasteiger partial charge in [-0.05, 0) is 82.2 Å². The van der Waals surface area contributed by atoms with E-state index in [4.69, 9.17) is 30.8 Å². The molecule has 302 valence electrons. The second-order valence-corrected chi connectivity index (χ2v) is 15.9. The van der Waals surface area contributed by atoms with Crippen molar-refractivity contribution >= 4 is 27.5 Å². The van der Waals surface area contributed by atoms with E-state index in [1.54, 1.807) is 24.3 Å². The van der Waals surface area contributed by atoms with E-state index in [1.165, 1.54) is 6.07 Å². The molecule has 0 spiro atoms. The second kappa shape index (κ2) is 15.2. The van der Waals surface area contributed by atoms with Gasteiger partial charge in [0.15, 0.2) is 11.5 Å². The molecule has 3 aliphatic heterocycles. The van der Waals surface area contributed by atoms with Crippen LogP contribution in [0.15, 0.2) is 42.7 Å². The highest BCUT2D eigenvalue weighted by molar-refractivity contribution is 6.02. The molecule has 15 heteroatoms. The van der Waals surface area contributed by atoms with Crippen LogP contribution in [0, 0.1) is 24.0 Å². The summed E-state index contributed by atoms with van der Waals surface area (Å²) in [6.45, 7) is 3.27. The fraction of sp³-hybridized carbons (Fsp3) is 0.465. The van der Waals surface area contributed by atoms with E-state index in [1.807, 2.05) is 0 Å². The molecule has 3 aromatic heterocycles. The molecule has 2 saturated heterocycles. The van der Waals surface area contributed by atoms with E-state index in [-0.39, 0.29) is 60.0 Å². The van der Waals surface area contributed by atoms with Gasteiger partial charge >= 0.3 is 12.2 Å². The van der Waals surface area contributed by atoms with Gasteiger partial charge in [-0.1, -0.05) is 37.1 Å². The second-order valence-electron chi connectivity index (χ2n) is 15.9. The first-order valence-electron chi connectivity index (χ1n) is 20.1. The zero-order chi connectivity index (χ0) is 40.2. The minimum atomic E-state index is -4.61. The molecule has 4 aliphatic rings. The summed E-state index contributed by atoms with van der Waals surface area (Å²) in [7, 11) is 0. The molecule has 3 fully saturated rings. The molecule has 10 nitrogen and oxygen atoms in total. The minimum absolute atomic E-state index is 0.00766. The molecule has 4 atom stereocenters. The lowest BCUT2D eigenvalue weighted by Crippen LogP contribution is -2.48. The van der Waals surface area contributed by atoms with Crippen molar-refractivity contribution in [3.63, 3.8) is 0 Å². The summed E-state index contributed by atoms with van der Waals surface area (Å²) < 4.78 is 84.4. The lowest BCUT2D eigenvalue weighted by atomic mass is 9.93. The van der Waals surface area contributed by atoms with E-state index < -0.39 is 29.0 Å². The average molecular weight is 799 g/mol. The monoisotopic (exact) mass is 798 g/mol. The van der Waals surface area contributed by atoms with E-state index in [0.717, 1.165) is 76.7 Å². The van der Waals surface area contributed by atoms with E-state index >= 15 is 8.78 Å². The topological polar surface area (TPSA) is 110 Å². The van der Waals surface area contributed by atoms with Crippen LogP contribution in [-0.2, 0) is 12.6 Å². The maximum atomic E-state index is 17.3. The lowest BCUT2D eigenvalue weighted by Gasteiger charge is -2.34. The van der Waals surface area contributed by atoms with Crippen LogP contribution in [0.25, 0.3) is 32.9 Å². The zero-order valence-electron chi connectivity index (χ0n) is 32.0. The first-order chi connectivity index (χ1) is 28.0. The summed E-state index contributed by atoms with van der Waals surface area (Å²) in [4.78, 5) is 24.1. The zero-order valence-corrected chi connectivity index (χ0v) is 32.0. The van der Waals surface area contributed by atoms with Gasteiger partial charge in [-0.25, -0.2) is 23.7 Å². The Morgan fingerprint density at radius 1 is 1.02 bits per heavy atom. The molecule has 2 N–H and O–H groups in total. The lowest BCUT2D eigenvalue weighted by molar-refractivity contribution is -0.141. The van der Waals surface area contributed by atoms with Crippen LogP contribution in [0.4, 0.5) is 27.8 Å². The molecular weight excluding hydrogens is 756 g/mol. The molecule has 0 unspecified atom stereocenters. The number of hydrogen-bond donors (Lipinski definition) is 2. The van der Waals surface area contributed by atoms with Crippen molar-refractivity contribution in [2.45, 2.75) is 107 Å². The van der Waals surface area contributed by atoms with Crippen molar-refractivity contribution in [3.05, 3.63) is 71.3 Å². The molecule has 6 heterocycles. The smallest absolute Gasteiger partial charge is 0.433 e. The molecule has 0 amide bonds. The Labute approximate surface area is 332 Å². The summed E-state index contributed by atoms with van der Waals surface area (Å²) in [5.41, 5.74) is -0.358. The number of terminal acetylenes is 1. The van der Waals surface area contributed by atoms with E-state index in [9.17, 15) is 13.2 Å². The fourth-order valence-corrected chi connectivity index (χ4v) is 9.30. The summed E-state index contributed by atoms with van der Waals surface area (Å²) in [6.07, 6.45) is 10.6. The molecule has 1 saturated carbocycles. The van der Waals surface area contributed by atoms with Gasteiger partial charge in [0, 0.05) is 41.2 Å². The number of nitrogens with one attached hydrogen (secondary N) is 2. The van der Waals surface area contributed by atoms with Gasteiger partial charge in [-0.15, -0.1) is 6.42 Å². The number of aryl methyl sites for hydroxylation is 1. The Balaban J connectivity index is 1.06. The summed E-state index contributed by atoms with van der Waals surface area (Å²) in [6, 6.07) is 9.60. The number of benzene rings is 2. The van der Waals surface area contributed by atoms with Crippen molar-refractivity contribution in [2.24, 2.45) is 0 Å². The first kappa shape index (κ1) is 38.3. The predicted octanol–water partition coefficient (Wildman–Crippen LogP) is 8.02. The van der Waals surface area contributed by atoms with Crippen LogP contribution >= 0.6 is 0 Å². The van der Waals surface area contributed by atoms with Crippen LogP contribution in [0.3, 0.4) is 0 Å². The van der Waals surface area contributed by atoms with E-state index in [2.05, 4.69) is 38.3 Å². The van der Waals surface area contributed by atoms with Gasteiger partial charge in [0.05, 0.1) is 22.2 Å². The van der Waals surface area contributed by atoms with Crippen LogP contribution in [0.1, 0.15) is 81.7 Å². The maximum absolute atomic E-state index is 17.3. The normalized spacial score (nSPS) is 22.6. The van der Waals surface area contributed by atoms with Crippen molar-refractivity contribution < 1.29 is 31.4 Å². The van der Waals surface area contributed by atoms with Crippen LogP contribution < -0.4 is 20.1 Å². The molecule has 1 aliphatic carbocycles. The fourth-order valence-electron chi connectivity index (χ4n) is 9.30. The third kappa shape index (κ3) is 7.14. The number of halogens is 5. The Bertz CT molecular complexity index is 2420. The van der Waals surface area contributed by atoms with Gasteiger partial charge in [0.1, 0.15) is 42.4 Å². The summed E-state index contributed by atoms with van der Waals surface area (Å²) in [5.74, 6) is 1.51. The van der Waals surface area contributed by atoms with Crippen LogP contribution in [-0.4, -0.2) is 79.3 Å². The number of anilines is 1. The summed E-state index contributed by atoms with van der Waals surface area (Å²) >= 11 is 0. The Morgan fingerprint density at radius 2 is 1.88 bits per heavy atom. The number of rotatable bonds is 11. The Kier molecular flexibility index (Phi) is 10.0. The Morgan fingerprint density at radius 3 is 2.67 bits per heavy atom. The summed E-state index contributed by atoms with van der Waals surface area (Å²) in [5, 5.41) is 8.99. The first-order valence-corrected chi connectivity index (χ1v) is 20.1. The third-order valence-electron chi connectivity index (χ3n) is 12.3. The molecule has 2 aromatic carbocycles. The Hall–Kier alpha value is -5.20. The van der Waals surface area contributed by atoms with Gasteiger partial charge in [-0.2, -0.15) is 23.1 Å². The SMILES string of the molecule is C#Cc1c(F)ccc2cccc(-c3nc4c5c(nc(OC[C@@]67CCCN6[C@H](COc6cc(C(F)(F)F)ncn6)CC7)nc5c3F)N[C@@H]([C@H](CC)NC3CC3)CCC4)c12. The number of fused-ring (bicyclic) bond motifs is 2. The van der Waals surface area contributed by atoms with Gasteiger partial charge in [-0.3, -0.25) is 4.90 Å². The molecule has 5 aromatic rings. The maximum Gasteiger partial charge on any atom is 0.433 e. The van der Waals surface area contributed by atoms with Crippen molar-refractivity contribution in [2.75, 3.05) is 25.1 Å². The number of pyridine rings is 1. The molecule has 0 bridgehead atoms. The number of alkyl halides is 3. The molecule has 58 heavy (non-hydrogen) atoms. The highest BCUT2D eigenvalue weighted by atomic mass is 19.4. The van der Waals surface area contributed by atoms with Crippen molar-refractivity contribution in [3.8, 4) is 35.5 Å². The predicted molar refractivity (Wildman–Crippen MR) is 208 cm³/mol. The highest BCUT2D eigenvalue weighted by Crippen LogP contribution is 2.44. The van der Waals surface area contributed by atoms with Crippen molar-refractivity contribution in [1.29, 1.82) is 0 Å². The van der Waals surface area contributed by atoms with Gasteiger partial charge < -0.3 is 20.1 Å². The minimum Gasteiger partial charge on any atom is -0.476 e. The third-order valence-corrected chi connectivity index (χ3v) is 12.3. The molecule has 0 radical (unpaired) electrons. The van der Waals surface area contributed by atoms with Gasteiger partial charge in [0.2, 0.25) is 5.88 Å². The highest BCUT2D eigenvalue weighted by Gasteiger charge is 2.50. The number of aromatic nitrogens is 5. The molecule has 9 rings (SSSR count). The standard InChI is InChI=1S/C43H43F5N8O2/c1-3-27-29(44)15-12-24-8-5-9-28(35(24)27)38-37(45)39-36-32(52-38)11-6-10-31(30(4-2)51-25-13-14-25)53-40(36)55-41(54-39)58-22-42-17-7-19-56(42)26(16-18-42)21-57-34-20-33(43(46,47)48)49-23-50-34/h1,5,8-9,12,15,20,23,25-26,30-31,51H,4,6-7,10-11,13-14,16-19,21-22H2,2H3,(H,53,54,55)/t26-,30-,31+,42-/m0/s1. The van der Waals surface area contributed by atoms with Crippen LogP contribution in [0.5, 0.6) is 11.9 Å². The number of nitrogens with zero attached hydrogens (tertiary/aromatic N) is 6. The average Bonchev–Trinajstić information content (AvgIpc) is 3.84. The van der Waals surface area contributed by atoms with Gasteiger partial charge in [0.25, 0.3) is 0 Å². The number of hydrogen-bond acceptors (Lipinski definition) is 10. The molecular formula is C43H43F5N8O2. The van der Waals surface area contributed by atoms with E-state index in [0.29, 0.717) is 45.7 Å². The largest absolute Gasteiger partial charge is 0.476 e. The van der Waals surface area contributed by atoms with Crippen LogP contribution in [0.2, 0.25) is 0 Å².